The predicted octanol–water partition coefficient (Wildman–Crippen LogP) is 3.99. The summed E-state index contributed by atoms with van der Waals surface area (Å²) in [5.74, 6) is -0.290. The van der Waals surface area contributed by atoms with Crippen molar-refractivity contribution in [3.63, 3.8) is 0 Å². The van der Waals surface area contributed by atoms with Gasteiger partial charge in [-0.3, -0.25) is 9.47 Å². The summed E-state index contributed by atoms with van der Waals surface area (Å²) in [6.45, 7) is 7.33. The van der Waals surface area contributed by atoms with Gasteiger partial charge in [-0.15, -0.1) is 0 Å². The van der Waals surface area contributed by atoms with E-state index in [9.17, 15) is 4.79 Å². The van der Waals surface area contributed by atoms with Crippen LogP contribution >= 0.6 is 0 Å². The molecule has 0 amide bonds. The predicted molar refractivity (Wildman–Crippen MR) is 124 cm³/mol. The average Bonchev–Trinajstić information content (AvgIpc) is 3.38. The van der Waals surface area contributed by atoms with E-state index in [1.807, 2.05) is 43.5 Å². The summed E-state index contributed by atoms with van der Waals surface area (Å²) < 4.78 is 12.9. The van der Waals surface area contributed by atoms with Gasteiger partial charge in [0.2, 0.25) is 0 Å². The van der Waals surface area contributed by atoms with Gasteiger partial charge in [0.25, 0.3) is 0 Å². The molecule has 2 aromatic heterocycles. The quantitative estimate of drug-likeness (QED) is 0.460. The van der Waals surface area contributed by atoms with Gasteiger partial charge in [-0.05, 0) is 62.2 Å². The summed E-state index contributed by atoms with van der Waals surface area (Å²) in [5.41, 5.74) is 5.23. The molecule has 0 saturated carbocycles. The molecule has 3 heterocycles. The SMILES string of the molecule is CCn1c(=O)oc2c(N3CCN(CCCc4coc5ccc(C#N)cc45)CC3)cccc21. The van der Waals surface area contributed by atoms with Crippen LogP contribution in [0.2, 0.25) is 0 Å². The third-order valence-electron chi connectivity index (χ3n) is 6.41. The van der Waals surface area contributed by atoms with Crippen LogP contribution in [0.4, 0.5) is 5.69 Å². The normalized spacial score (nSPS) is 14.9. The van der Waals surface area contributed by atoms with E-state index >= 15 is 0 Å². The number of nitrogens with zero attached hydrogens (tertiary/aromatic N) is 4. The van der Waals surface area contributed by atoms with Gasteiger partial charge in [0.05, 0.1) is 29.1 Å². The fourth-order valence-corrected chi connectivity index (χ4v) is 4.67. The number of hydrogen-bond donors (Lipinski definition) is 0. The molecule has 7 nitrogen and oxygen atoms in total. The number of rotatable bonds is 6. The Morgan fingerprint density at radius 1 is 1.12 bits per heavy atom. The molecule has 32 heavy (non-hydrogen) atoms. The monoisotopic (exact) mass is 430 g/mol. The van der Waals surface area contributed by atoms with E-state index in [4.69, 9.17) is 14.1 Å². The Balaban J connectivity index is 1.20. The van der Waals surface area contributed by atoms with Gasteiger partial charge in [-0.25, -0.2) is 4.79 Å². The molecule has 0 aliphatic carbocycles. The molecule has 5 rings (SSSR count). The second-order valence-corrected chi connectivity index (χ2v) is 8.25. The van der Waals surface area contributed by atoms with Crippen LogP contribution in [0.3, 0.4) is 0 Å². The number of nitriles is 1. The lowest BCUT2D eigenvalue weighted by molar-refractivity contribution is 0.255. The van der Waals surface area contributed by atoms with Crippen LogP contribution in [0.15, 0.2) is 56.3 Å². The number of hydrogen-bond acceptors (Lipinski definition) is 6. The zero-order valence-corrected chi connectivity index (χ0v) is 18.2. The van der Waals surface area contributed by atoms with Crippen LogP contribution in [0, 0.1) is 11.3 Å². The molecule has 0 N–H and O–H groups in total. The average molecular weight is 431 g/mol. The molecule has 0 bridgehead atoms. The van der Waals surface area contributed by atoms with Crippen LogP contribution in [0.5, 0.6) is 0 Å². The lowest BCUT2D eigenvalue weighted by Crippen LogP contribution is -2.46. The van der Waals surface area contributed by atoms with Crippen molar-refractivity contribution in [2.24, 2.45) is 0 Å². The number of fused-ring (bicyclic) bond motifs is 2. The highest BCUT2D eigenvalue weighted by atomic mass is 16.4. The lowest BCUT2D eigenvalue weighted by Gasteiger charge is -2.36. The van der Waals surface area contributed by atoms with Crippen LogP contribution in [-0.2, 0) is 13.0 Å². The minimum atomic E-state index is -0.290. The third-order valence-corrected chi connectivity index (χ3v) is 6.41. The summed E-state index contributed by atoms with van der Waals surface area (Å²) >= 11 is 0. The highest BCUT2D eigenvalue weighted by molar-refractivity contribution is 5.87. The first kappa shape index (κ1) is 20.4. The van der Waals surface area contributed by atoms with Gasteiger partial charge < -0.3 is 13.7 Å². The molecule has 0 unspecified atom stereocenters. The fraction of sp³-hybridized carbons (Fsp3) is 0.360. The standard InChI is InChI=1S/C25H26N4O3/c1-2-29-22-7-3-6-21(24(22)32-25(29)30)28-13-11-27(12-14-28)10-4-5-19-17-31-23-9-8-18(16-26)15-20(19)23/h3,6-9,15,17H,2,4-5,10-14H2,1H3. The molecule has 7 heteroatoms. The Morgan fingerprint density at radius 3 is 2.75 bits per heavy atom. The Kier molecular flexibility index (Phi) is 5.46. The highest BCUT2D eigenvalue weighted by Crippen LogP contribution is 2.27. The Labute approximate surface area is 186 Å². The Bertz CT molecular complexity index is 1350. The van der Waals surface area contributed by atoms with Crippen molar-refractivity contribution in [2.45, 2.75) is 26.3 Å². The van der Waals surface area contributed by atoms with Crippen molar-refractivity contribution in [3.05, 3.63) is 64.3 Å². The number of oxazole rings is 1. The molecule has 1 aliphatic heterocycles. The number of anilines is 1. The molecule has 0 radical (unpaired) electrons. The maximum atomic E-state index is 12.1. The minimum Gasteiger partial charge on any atom is -0.464 e. The van der Waals surface area contributed by atoms with Crippen molar-refractivity contribution in [1.82, 2.24) is 9.47 Å². The summed E-state index contributed by atoms with van der Waals surface area (Å²) in [6, 6.07) is 13.8. The molecule has 4 aromatic rings. The first-order chi connectivity index (χ1) is 15.7. The van der Waals surface area contributed by atoms with Crippen LogP contribution in [0.25, 0.3) is 22.1 Å². The molecule has 1 fully saturated rings. The minimum absolute atomic E-state index is 0.290. The number of benzene rings is 2. The molecule has 2 aromatic carbocycles. The second kappa shape index (κ2) is 8.56. The van der Waals surface area contributed by atoms with Gasteiger partial charge in [0, 0.05) is 38.1 Å². The summed E-state index contributed by atoms with van der Waals surface area (Å²) in [4.78, 5) is 16.9. The van der Waals surface area contributed by atoms with Crippen LogP contribution < -0.4 is 10.7 Å². The summed E-state index contributed by atoms with van der Waals surface area (Å²) in [6.07, 6.45) is 3.78. The van der Waals surface area contributed by atoms with Crippen molar-refractivity contribution < 1.29 is 8.83 Å². The molecule has 0 spiro atoms. The number of furan rings is 1. The van der Waals surface area contributed by atoms with Crippen LogP contribution in [0.1, 0.15) is 24.5 Å². The maximum Gasteiger partial charge on any atom is 0.420 e. The van der Waals surface area contributed by atoms with Crippen molar-refractivity contribution >= 4 is 27.8 Å². The summed E-state index contributed by atoms with van der Waals surface area (Å²) in [5, 5.41) is 10.2. The lowest BCUT2D eigenvalue weighted by atomic mass is 10.1. The number of piperazine rings is 1. The zero-order valence-electron chi connectivity index (χ0n) is 18.2. The molecule has 164 valence electrons. The van der Waals surface area contributed by atoms with E-state index in [-0.39, 0.29) is 5.76 Å². The highest BCUT2D eigenvalue weighted by Gasteiger charge is 2.21. The van der Waals surface area contributed by atoms with E-state index in [0.29, 0.717) is 17.7 Å². The largest absolute Gasteiger partial charge is 0.464 e. The summed E-state index contributed by atoms with van der Waals surface area (Å²) in [7, 11) is 0. The Hall–Kier alpha value is -3.50. The number of aromatic nitrogens is 1. The van der Waals surface area contributed by atoms with Crippen molar-refractivity contribution in [3.8, 4) is 6.07 Å². The number of aryl methyl sites for hydroxylation is 2. The maximum absolute atomic E-state index is 12.1. The van der Waals surface area contributed by atoms with E-state index in [1.165, 1.54) is 0 Å². The van der Waals surface area contributed by atoms with Crippen molar-refractivity contribution in [1.29, 1.82) is 5.26 Å². The van der Waals surface area contributed by atoms with Gasteiger partial charge in [-0.1, -0.05) is 6.07 Å². The topological polar surface area (TPSA) is 78.6 Å². The van der Waals surface area contributed by atoms with E-state index < -0.39 is 0 Å². The first-order valence-corrected chi connectivity index (χ1v) is 11.2. The van der Waals surface area contributed by atoms with Crippen LogP contribution in [-0.4, -0.2) is 42.2 Å². The van der Waals surface area contributed by atoms with E-state index in [1.54, 1.807) is 10.6 Å². The first-order valence-electron chi connectivity index (χ1n) is 11.2. The second-order valence-electron chi connectivity index (χ2n) is 8.25. The van der Waals surface area contributed by atoms with E-state index in [2.05, 4.69) is 15.9 Å². The molecular weight excluding hydrogens is 404 g/mol. The fourth-order valence-electron chi connectivity index (χ4n) is 4.67. The van der Waals surface area contributed by atoms with Gasteiger partial charge in [-0.2, -0.15) is 5.26 Å². The van der Waals surface area contributed by atoms with Gasteiger partial charge >= 0.3 is 5.76 Å². The molecule has 0 atom stereocenters. The van der Waals surface area contributed by atoms with Gasteiger partial charge in [0.1, 0.15) is 5.58 Å². The molecule has 1 aliphatic rings. The molecular formula is C25H26N4O3. The zero-order chi connectivity index (χ0) is 22.1. The Morgan fingerprint density at radius 2 is 1.97 bits per heavy atom. The molecule has 1 saturated heterocycles. The van der Waals surface area contributed by atoms with E-state index in [0.717, 1.165) is 73.3 Å². The van der Waals surface area contributed by atoms with Crippen molar-refractivity contribution in [2.75, 3.05) is 37.6 Å². The number of para-hydroxylation sites is 1. The van der Waals surface area contributed by atoms with Gasteiger partial charge in [0.15, 0.2) is 5.58 Å². The third kappa shape index (κ3) is 3.67. The smallest absolute Gasteiger partial charge is 0.420 e.